The standard InChI is InChI=1S/C15H20FN3/c1-2-19(12-8-6-11(18)7-9-12)15-5-3-4-14(16)13(15)10-17/h3-5,11-12H,2,6-9,18H2,1H3. The van der Waals surface area contributed by atoms with Crippen LogP contribution >= 0.6 is 0 Å². The molecule has 1 aliphatic rings. The molecule has 1 saturated carbocycles. The van der Waals surface area contributed by atoms with E-state index in [1.54, 1.807) is 6.07 Å². The van der Waals surface area contributed by atoms with Crippen molar-refractivity contribution in [3.63, 3.8) is 0 Å². The van der Waals surface area contributed by atoms with E-state index in [-0.39, 0.29) is 11.6 Å². The second-order valence-electron chi connectivity index (χ2n) is 5.10. The zero-order valence-electron chi connectivity index (χ0n) is 11.3. The minimum absolute atomic E-state index is 0.152. The first kappa shape index (κ1) is 13.8. The molecular weight excluding hydrogens is 241 g/mol. The summed E-state index contributed by atoms with van der Waals surface area (Å²) in [6.07, 6.45) is 4.02. The maximum Gasteiger partial charge on any atom is 0.143 e. The van der Waals surface area contributed by atoms with Crippen LogP contribution in [0.15, 0.2) is 18.2 Å². The van der Waals surface area contributed by atoms with Gasteiger partial charge < -0.3 is 10.6 Å². The van der Waals surface area contributed by atoms with Gasteiger partial charge in [0.1, 0.15) is 17.4 Å². The summed E-state index contributed by atoms with van der Waals surface area (Å²) in [7, 11) is 0. The molecule has 1 fully saturated rings. The minimum atomic E-state index is -0.439. The zero-order chi connectivity index (χ0) is 13.8. The van der Waals surface area contributed by atoms with E-state index in [1.807, 2.05) is 19.1 Å². The van der Waals surface area contributed by atoms with Crippen LogP contribution in [0.5, 0.6) is 0 Å². The number of nitrogens with zero attached hydrogens (tertiary/aromatic N) is 2. The number of benzene rings is 1. The highest BCUT2D eigenvalue weighted by Crippen LogP contribution is 2.30. The average molecular weight is 261 g/mol. The smallest absolute Gasteiger partial charge is 0.143 e. The summed E-state index contributed by atoms with van der Waals surface area (Å²) in [5.74, 6) is -0.439. The highest BCUT2D eigenvalue weighted by Gasteiger charge is 2.25. The first-order valence-electron chi connectivity index (χ1n) is 6.88. The van der Waals surface area contributed by atoms with Crippen molar-refractivity contribution in [2.45, 2.75) is 44.7 Å². The topological polar surface area (TPSA) is 53.0 Å². The fourth-order valence-corrected chi connectivity index (χ4v) is 2.90. The molecule has 0 unspecified atom stereocenters. The van der Waals surface area contributed by atoms with Gasteiger partial charge in [0.05, 0.1) is 5.69 Å². The molecule has 0 bridgehead atoms. The quantitative estimate of drug-likeness (QED) is 0.910. The Morgan fingerprint density at radius 1 is 1.37 bits per heavy atom. The Balaban J connectivity index is 2.27. The van der Waals surface area contributed by atoms with Crippen LogP contribution in [-0.2, 0) is 0 Å². The molecule has 4 heteroatoms. The summed E-state index contributed by atoms with van der Waals surface area (Å²) < 4.78 is 13.7. The first-order chi connectivity index (χ1) is 9.17. The van der Waals surface area contributed by atoms with E-state index in [9.17, 15) is 4.39 Å². The SMILES string of the molecule is CCN(c1cccc(F)c1C#N)C1CCC(N)CC1. The number of rotatable bonds is 3. The average Bonchev–Trinajstić information content (AvgIpc) is 2.42. The van der Waals surface area contributed by atoms with Crippen molar-refractivity contribution in [1.29, 1.82) is 5.26 Å². The second kappa shape index (κ2) is 6.03. The van der Waals surface area contributed by atoms with Crippen LogP contribution in [0.3, 0.4) is 0 Å². The van der Waals surface area contributed by atoms with E-state index < -0.39 is 5.82 Å². The lowest BCUT2D eigenvalue weighted by molar-refractivity contribution is 0.378. The highest BCUT2D eigenvalue weighted by molar-refractivity contribution is 5.60. The van der Waals surface area contributed by atoms with E-state index in [1.165, 1.54) is 6.07 Å². The molecule has 3 nitrogen and oxygen atoms in total. The van der Waals surface area contributed by atoms with Gasteiger partial charge in [-0.15, -0.1) is 0 Å². The van der Waals surface area contributed by atoms with E-state index >= 15 is 0 Å². The molecule has 0 aliphatic heterocycles. The molecule has 102 valence electrons. The summed E-state index contributed by atoms with van der Waals surface area (Å²) in [4.78, 5) is 2.15. The number of hydrogen-bond donors (Lipinski definition) is 1. The van der Waals surface area contributed by atoms with Gasteiger partial charge in [-0.2, -0.15) is 5.26 Å². The fourth-order valence-electron chi connectivity index (χ4n) is 2.90. The van der Waals surface area contributed by atoms with E-state index in [2.05, 4.69) is 4.90 Å². The predicted molar refractivity (Wildman–Crippen MR) is 74.4 cm³/mol. The number of hydrogen-bond acceptors (Lipinski definition) is 3. The summed E-state index contributed by atoms with van der Waals surface area (Å²) in [5, 5.41) is 9.15. The van der Waals surface area contributed by atoms with Crippen LogP contribution in [0.2, 0.25) is 0 Å². The van der Waals surface area contributed by atoms with Gasteiger partial charge in [-0.3, -0.25) is 0 Å². The van der Waals surface area contributed by atoms with Crippen molar-refractivity contribution >= 4 is 5.69 Å². The Kier molecular flexibility index (Phi) is 4.39. The largest absolute Gasteiger partial charge is 0.368 e. The molecule has 2 rings (SSSR count). The van der Waals surface area contributed by atoms with Crippen LogP contribution in [-0.4, -0.2) is 18.6 Å². The lowest BCUT2D eigenvalue weighted by Crippen LogP contribution is -2.41. The van der Waals surface area contributed by atoms with Crippen molar-refractivity contribution in [3.05, 3.63) is 29.6 Å². The molecule has 0 heterocycles. The molecule has 1 aromatic rings. The summed E-state index contributed by atoms with van der Waals surface area (Å²) in [6.45, 7) is 2.82. The van der Waals surface area contributed by atoms with Gasteiger partial charge in [-0.25, -0.2) is 4.39 Å². The molecule has 0 amide bonds. The normalized spacial score (nSPS) is 22.8. The summed E-state index contributed by atoms with van der Waals surface area (Å²) >= 11 is 0. The van der Waals surface area contributed by atoms with Crippen LogP contribution in [0.25, 0.3) is 0 Å². The monoisotopic (exact) mass is 261 g/mol. The van der Waals surface area contributed by atoms with Crippen molar-refractivity contribution < 1.29 is 4.39 Å². The molecule has 0 radical (unpaired) electrons. The van der Waals surface area contributed by atoms with Crippen molar-refractivity contribution in [1.82, 2.24) is 0 Å². The highest BCUT2D eigenvalue weighted by atomic mass is 19.1. The number of anilines is 1. The van der Waals surface area contributed by atoms with Crippen molar-refractivity contribution in [2.75, 3.05) is 11.4 Å². The van der Waals surface area contributed by atoms with Gasteiger partial charge in [0.25, 0.3) is 0 Å². The van der Waals surface area contributed by atoms with Gasteiger partial charge in [-0.05, 0) is 44.7 Å². The molecule has 0 aromatic heterocycles. The van der Waals surface area contributed by atoms with E-state index in [0.717, 1.165) is 32.2 Å². The number of halogens is 1. The summed E-state index contributed by atoms with van der Waals surface area (Å²) in [5.41, 5.74) is 6.79. The van der Waals surface area contributed by atoms with Gasteiger partial charge in [0, 0.05) is 18.6 Å². The third-order valence-electron chi connectivity index (χ3n) is 3.94. The maximum absolute atomic E-state index is 13.7. The molecule has 19 heavy (non-hydrogen) atoms. The van der Waals surface area contributed by atoms with Gasteiger partial charge in [0.15, 0.2) is 0 Å². The van der Waals surface area contributed by atoms with Crippen LogP contribution < -0.4 is 10.6 Å². The molecule has 2 N–H and O–H groups in total. The Bertz CT molecular complexity index is 473. The van der Waals surface area contributed by atoms with E-state index in [4.69, 9.17) is 11.0 Å². The fraction of sp³-hybridized carbons (Fsp3) is 0.533. The molecule has 0 atom stereocenters. The number of nitrogens with two attached hydrogens (primary N) is 1. The zero-order valence-corrected chi connectivity index (χ0v) is 11.3. The number of nitriles is 1. The van der Waals surface area contributed by atoms with Gasteiger partial charge in [0.2, 0.25) is 0 Å². The minimum Gasteiger partial charge on any atom is -0.368 e. The Morgan fingerprint density at radius 3 is 2.63 bits per heavy atom. The molecule has 1 aliphatic carbocycles. The van der Waals surface area contributed by atoms with Crippen molar-refractivity contribution in [2.24, 2.45) is 5.73 Å². The van der Waals surface area contributed by atoms with E-state index in [0.29, 0.717) is 11.7 Å². The van der Waals surface area contributed by atoms with Gasteiger partial charge in [-0.1, -0.05) is 6.07 Å². The van der Waals surface area contributed by atoms with Gasteiger partial charge >= 0.3 is 0 Å². The molecule has 0 spiro atoms. The lowest BCUT2D eigenvalue weighted by Gasteiger charge is -2.37. The first-order valence-corrected chi connectivity index (χ1v) is 6.88. The summed E-state index contributed by atoms with van der Waals surface area (Å²) in [6, 6.07) is 7.48. The van der Waals surface area contributed by atoms with Crippen molar-refractivity contribution in [3.8, 4) is 6.07 Å². The van der Waals surface area contributed by atoms with Crippen LogP contribution in [0, 0.1) is 17.1 Å². The van der Waals surface area contributed by atoms with Crippen LogP contribution in [0.1, 0.15) is 38.2 Å². The Labute approximate surface area is 113 Å². The molecule has 1 aromatic carbocycles. The Hall–Kier alpha value is -1.60. The maximum atomic E-state index is 13.7. The third kappa shape index (κ3) is 2.87. The Morgan fingerprint density at radius 2 is 2.05 bits per heavy atom. The predicted octanol–water partition coefficient (Wildman–Crippen LogP) is 2.79. The third-order valence-corrected chi connectivity index (χ3v) is 3.94. The molecule has 0 saturated heterocycles. The lowest BCUT2D eigenvalue weighted by atomic mass is 9.90. The van der Waals surface area contributed by atoms with Crippen LogP contribution in [0.4, 0.5) is 10.1 Å². The second-order valence-corrected chi connectivity index (χ2v) is 5.10. The molecular formula is C15H20FN3.